The number of carbonyl (C=O) groups is 1. The molecule has 1 aromatic heterocycles. The third-order valence-electron chi connectivity index (χ3n) is 3.72. The van der Waals surface area contributed by atoms with E-state index in [1.54, 1.807) is 0 Å². The smallest absolute Gasteiger partial charge is 0.427 e. The summed E-state index contributed by atoms with van der Waals surface area (Å²) in [6.45, 7) is 0. The van der Waals surface area contributed by atoms with Gasteiger partial charge in [-0.25, -0.2) is 4.98 Å². The average molecular weight is 408 g/mol. The number of aromatic nitrogens is 1. The Bertz CT molecular complexity index is 844. The van der Waals surface area contributed by atoms with Gasteiger partial charge in [-0.1, -0.05) is 17.7 Å². The van der Waals surface area contributed by atoms with Crippen LogP contribution in [0.2, 0.25) is 5.02 Å². The van der Waals surface area contributed by atoms with E-state index < -0.39 is 29.5 Å². The Hall–Kier alpha value is -2.19. The van der Waals surface area contributed by atoms with E-state index in [0.29, 0.717) is 5.02 Å². The van der Waals surface area contributed by atoms with Crippen molar-refractivity contribution in [3.05, 3.63) is 47.1 Å². The standard InChI is InChI=1S/C16H10Cl2F3NO4/c17-9-2-4-12(22-7-9)25-10-3-1-8-6-15(18,14(23)24)13(16(19,20)21)26-11(8)5-10/h1-5,7,13H,6H2,(H,23,24). The van der Waals surface area contributed by atoms with Gasteiger partial charge in [-0.2, -0.15) is 13.2 Å². The molecule has 0 fully saturated rings. The van der Waals surface area contributed by atoms with Crippen LogP contribution < -0.4 is 9.47 Å². The molecule has 0 spiro atoms. The zero-order valence-electron chi connectivity index (χ0n) is 12.8. The normalized spacial score (nSPS) is 22.3. The van der Waals surface area contributed by atoms with Crippen molar-refractivity contribution in [2.75, 3.05) is 0 Å². The molecule has 138 valence electrons. The van der Waals surface area contributed by atoms with Crippen molar-refractivity contribution in [2.45, 2.75) is 23.6 Å². The summed E-state index contributed by atoms with van der Waals surface area (Å²) >= 11 is 11.5. The zero-order chi connectivity index (χ0) is 19.1. The number of carboxylic acids is 1. The number of hydrogen-bond acceptors (Lipinski definition) is 4. The minimum atomic E-state index is -4.97. The Balaban J connectivity index is 1.93. The molecule has 3 rings (SSSR count). The Morgan fingerprint density at radius 1 is 1.35 bits per heavy atom. The molecule has 2 unspecified atom stereocenters. The van der Waals surface area contributed by atoms with Crippen molar-refractivity contribution in [1.29, 1.82) is 0 Å². The summed E-state index contributed by atoms with van der Waals surface area (Å²) in [5.41, 5.74) is 0.222. The van der Waals surface area contributed by atoms with E-state index in [1.807, 2.05) is 0 Å². The molecule has 2 aromatic rings. The first-order chi connectivity index (χ1) is 12.1. The lowest BCUT2D eigenvalue weighted by atomic mass is 9.89. The molecule has 0 saturated carbocycles. The fraction of sp³-hybridized carbons (Fsp3) is 0.250. The topological polar surface area (TPSA) is 68.7 Å². The molecule has 0 amide bonds. The predicted molar refractivity (Wildman–Crippen MR) is 86.2 cm³/mol. The van der Waals surface area contributed by atoms with Crippen LogP contribution in [0.1, 0.15) is 5.56 Å². The quantitative estimate of drug-likeness (QED) is 0.760. The number of rotatable bonds is 3. The summed E-state index contributed by atoms with van der Waals surface area (Å²) < 4.78 is 50.1. The minimum Gasteiger partial charge on any atom is -0.480 e. The number of halogens is 5. The van der Waals surface area contributed by atoms with Crippen LogP contribution in [0.5, 0.6) is 17.4 Å². The number of hydrogen-bond donors (Lipinski definition) is 1. The van der Waals surface area contributed by atoms with Crippen molar-refractivity contribution >= 4 is 29.2 Å². The zero-order valence-corrected chi connectivity index (χ0v) is 14.3. The Kier molecular flexibility index (Phi) is 4.66. The number of carboxylic acid groups (broad SMARTS) is 1. The molecule has 0 aliphatic carbocycles. The highest BCUT2D eigenvalue weighted by atomic mass is 35.5. The van der Waals surface area contributed by atoms with Crippen LogP contribution in [-0.4, -0.2) is 33.2 Å². The van der Waals surface area contributed by atoms with E-state index >= 15 is 0 Å². The van der Waals surface area contributed by atoms with Crippen LogP contribution in [0.25, 0.3) is 0 Å². The van der Waals surface area contributed by atoms with Gasteiger partial charge in [0.15, 0.2) is 4.87 Å². The van der Waals surface area contributed by atoms with E-state index in [1.165, 1.54) is 36.5 Å². The lowest BCUT2D eigenvalue weighted by Crippen LogP contribution is -2.58. The molecule has 10 heteroatoms. The summed E-state index contributed by atoms with van der Waals surface area (Å²) in [5.74, 6) is -1.62. The van der Waals surface area contributed by atoms with Gasteiger partial charge >= 0.3 is 12.1 Å². The molecule has 26 heavy (non-hydrogen) atoms. The number of aliphatic carboxylic acids is 1. The fourth-order valence-corrected chi connectivity index (χ4v) is 2.93. The summed E-state index contributed by atoms with van der Waals surface area (Å²) in [6.07, 6.45) is -6.87. The van der Waals surface area contributed by atoms with Gasteiger partial charge in [-0.3, -0.25) is 4.79 Å². The highest BCUT2D eigenvalue weighted by Gasteiger charge is 2.61. The summed E-state index contributed by atoms with van der Waals surface area (Å²) in [7, 11) is 0. The summed E-state index contributed by atoms with van der Waals surface area (Å²) in [5, 5.41) is 9.57. The van der Waals surface area contributed by atoms with Crippen LogP contribution in [0.15, 0.2) is 36.5 Å². The maximum Gasteiger partial charge on any atom is 0.427 e. The maximum atomic E-state index is 13.2. The van der Waals surface area contributed by atoms with Crippen LogP contribution in [-0.2, 0) is 11.2 Å². The first-order valence-electron chi connectivity index (χ1n) is 7.17. The second-order valence-corrected chi connectivity index (χ2v) is 6.68. The number of alkyl halides is 4. The first-order valence-corrected chi connectivity index (χ1v) is 7.93. The molecule has 5 nitrogen and oxygen atoms in total. The minimum absolute atomic E-state index is 0.156. The third-order valence-corrected chi connectivity index (χ3v) is 4.44. The maximum absolute atomic E-state index is 13.2. The molecule has 2 atom stereocenters. The Labute approximate surface area is 155 Å². The third kappa shape index (κ3) is 3.52. The van der Waals surface area contributed by atoms with Gasteiger partial charge in [0.2, 0.25) is 12.0 Å². The van der Waals surface area contributed by atoms with Gasteiger partial charge in [0.25, 0.3) is 0 Å². The first kappa shape index (κ1) is 18.6. The van der Waals surface area contributed by atoms with Crippen molar-refractivity contribution in [3.8, 4) is 17.4 Å². The second kappa shape index (κ2) is 6.51. The lowest BCUT2D eigenvalue weighted by Gasteiger charge is -2.37. The SMILES string of the molecule is O=C(O)C1(Cl)Cc2ccc(Oc3ccc(Cl)cn3)cc2OC1C(F)(F)F. The number of nitrogens with zero attached hydrogens (tertiary/aromatic N) is 1. The van der Waals surface area contributed by atoms with Crippen molar-refractivity contribution in [3.63, 3.8) is 0 Å². The lowest BCUT2D eigenvalue weighted by molar-refractivity contribution is -0.212. The number of fused-ring (bicyclic) bond motifs is 1. The molecule has 0 bridgehead atoms. The molecule has 1 aliphatic heterocycles. The second-order valence-electron chi connectivity index (χ2n) is 5.57. The average Bonchev–Trinajstić information content (AvgIpc) is 2.55. The largest absolute Gasteiger partial charge is 0.480 e. The predicted octanol–water partition coefficient (Wildman–Crippen LogP) is 4.46. The van der Waals surface area contributed by atoms with Crippen molar-refractivity contribution in [2.24, 2.45) is 0 Å². The van der Waals surface area contributed by atoms with E-state index in [2.05, 4.69) is 4.98 Å². The van der Waals surface area contributed by atoms with Crippen molar-refractivity contribution in [1.82, 2.24) is 4.98 Å². The highest BCUT2D eigenvalue weighted by molar-refractivity contribution is 6.34. The van der Waals surface area contributed by atoms with Crippen LogP contribution in [0.4, 0.5) is 13.2 Å². The fourth-order valence-electron chi connectivity index (χ4n) is 2.50. The number of benzene rings is 1. The number of pyridine rings is 1. The van der Waals surface area contributed by atoms with Crippen molar-refractivity contribution < 1.29 is 32.5 Å². The van der Waals surface area contributed by atoms with E-state index in [9.17, 15) is 23.1 Å². The van der Waals surface area contributed by atoms with Gasteiger partial charge in [0, 0.05) is 24.8 Å². The molecule has 2 heterocycles. The Morgan fingerprint density at radius 2 is 2.08 bits per heavy atom. The molecule has 1 aromatic carbocycles. The van der Waals surface area contributed by atoms with Crippen LogP contribution in [0.3, 0.4) is 0 Å². The molecule has 1 N–H and O–H groups in total. The van der Waals surface area contributed by atoms with Gasteiger partial charge in [-0.05, 0) is 17.7 Å². The Morgan fingerprint density at radius 3 is 2.65 bits per heavy atom. The molecule has 0 radical (unpaired) electrons. The highest BCUT2D eigenvalue weighted by Crippen LogP contribution is 2.45. The number of ether oxygens (including phenoxy) is 2. The monoisotopic (exact) mass is 407 g/mol. The van der Waals surface area contributed by atoms with E-state index in [-0.39, 0.29) is 22.9 Å². The van der Waals surface area contributed by atoms with Gasteiger partial charge in [0.1, 0.15) is 11.5 Å². The molecular weight excluding hydrogens is 398 g/mol. The molecular formula is C16H10Cl2F3NO4. The van der Waals surface area contributed by atoms with E-state index in [0.717, 1.165) is 0 Å². The molecule has 0 saturated heterocycles. The molecule has 1 aliphatic rings. The summed E-state index contributed by atoms with van der Waals surface area (Å²) in [6, 6.07) is 7.09. The van der Waals surface area contributed by atoms with Crippen LogP contribution >= 0.6 is 23.2 Å². The summed E-state index contributed by atoms with van der Waals surface area (Å²) in [4.78, 5) is 12.6. The van der Waals surface area contributed by atoms with Gasteiger partial charge in [0.05, 0.1) is 5.02 Å². The van der Waals surface area contributed by atoms with E-state index in [4.69, 9.17) is 32.7 Å². The van der Waals surface area contributed by atoms with Crippen LogP contribution in [0, 0.1) is 0 Å². The van der Waals surface area contributed by atoms with Gasteiger partial charge < -0.3 is 14.6 Å². The van der Waals surface area contributed by atoms with Gasteiger partial charge in [-0.15, -0.1) is 11.6 Å².